The van der Waals surface area contributed by atoms with Gasteiger partial charge in [0.25, 0.3) is 0 Å². The lowest BCUT2D eigenvalue weighted by Gasteiger charge is -2.41. The summed E-state index contributed by atoms with van der Waals surface area (Å²) < 4.78 is 0. The van der Waals surface area contributed by atoms with Gasteiger partial charge in [-0.2, -0.15) is 0 Å². The summed E-state index contributed by atoms with van der Waals surface area (Å²) in [6, 6.07) is 0. The molecule has 0 spiro atoms. The van der Waals surface area contributed by atoms with Crippen LogP contribution in [-0.2, 0) is 4.79 Å². The summed E-state index contributed by atoms with van der Waals surface area (Å²) in [5.41, 5.74) is 0.590. The van der Waals surface area contributed by atoms with Crippen molar-refractivity contribution >= 4 is 5.97 Å². The van der Waals surface area contributed by atoms with Crippen molar-refractivity contribution in [2.24, 2.45) is 5.41 Å². The van der Waals surface area contributed by atoms with E-state index in [2.05, 4.69) is 6.08 Å². The fourth-order valence-electron chi connectivity index (χ4n) is 3.08. The summed E-state index contributed by atoms with van der Waals surface area (Å²) in [6.45, 7) is 0. The molecule has 0 atom stereocenters. The van der Waals surface area contributed by atoms with E-state index in [4.69, 9.17) is 0 Å². The number of hydrogen-bond donors (Lipinski definition) is 0. The van der Waals surface area contributed by atoms with Crippen molar-refractivity contribution in [2.75, 3.05) is 0 Å². The number of hydrogen-bond acceptors (Lipinski definition) is 2. The average molecular weight is 207 g/mol. The maximum atomic E-state index is 11.4. The van der Waals surface area contributed by atoms with Gasteiger partial charge >= 0.3 is 0 Å². The summed E-state index contributed by atoms with van der Waals surface area (Å²) in [5, 5.41) is 11.4. The Morgan fingerprint density at radius 2 is 1.87 bits per heavy atom. The molecule has 0 aromatic carbocycles. The highest BCUT2D eigenvalue weighted by Crippen LogP contribution is 2.45. The van der Waals surface area contributed by atoms with E-state index in [1.54, 1.807) is 0 Å². The summed E-state index contributed by atoms with van der Waals surface area (Å²) >= 11 is 0. The van der Waals surface area contributed by atoms with Crippen LogP contribution in [0.4, 0.5) is 0 Å². The van der Waals surface area contributed by atoms with Crippen molar-refractivity contribution in [3.05, 3.63) is 11.6 Å². The first kappa shape index (κ1) is 10.7. The first-order valence-electron chi connectivity index (χ1n) is 6.17. The maximum absolute atomic E-state index is 11.4. The van der Waals surface area contributed by atoms with Crippen LogP contribution >= 0.6 is 0 Å². The topological polar surface area (TPSA) is 40.1 Å². The molecule has 2 nitrogen and oxygen atoms in total. The van der Waals surface area contributed by atoms with Crippen molar-refractivity contribution < 1.29 is 9.90 Å². The summed E-state index contributed by atoms with van der Waals surface area (Å²) in [5.74, 6) is -0.824. The van der Waals surface area contributed by atoms with E-state index in [-0.39, 0.29) is 0 Å². The Morgan fingerprint density at radius 1 is 1.13 bits per heavy atom. The smallest absolute Gasteiger partial charge is 0.0516 e. The Kier molecular flexibility index (Phi) is 3.13. The predicted octanol–water partition coefficient (Wildman–Crippen LogP) is 2.19. The molecule has 1 fully saturated rings. The highest BCUT2D eigenvalue weighted by molar-refractivity contribution is 5.76. The fourth-order valence-corrected chi connectivity index (χ4v) is 3.08. The molecule has 2 aliphatic rings. The summed E-state index contributed by atoms with van der Waals surface area (Å²) in [4.78, 5) is 11.4. The van der Waals surface area contributed by atoms with E-state index < -0.39 is 11.4 Å². The monoisotopic (exact) mass is 207 g/mol. The van der Waals surface area contributed by atoms with Crippen LogP contribution in [0.5, 0.6) is 0 Å². The number of carbonyl (C=O) groups is 1. The standard InChI is InChI=1S/C13H20O2/c14-12(15)13(9-5-2-6-10-13)11-7-3-1-4-8-11/h7H,1-6,8-10H2,(H,14,15)/p-1. The maximum Gasteiger partial charge on any atom is 0.0516 e. The molecule has 0 saturated heterocycles. The van der Waals surface area contributed by atoms with Crippen LogP contribution in [0.1, 0.15) is 57.8 Å². The Bertz CT molecular complexity index is 272. The van der Waals surface area contributed by atoms with E-state index in [0.29, 0.717) is 0 Å². The highest BCUT2D eigenvalue weighted by atomic mass is 16.4. The molecular weight excluding hydrogens is 188 g/mol. The number of carbonyl (C=O) groups excluding carboxylic acids is 1. The van der Waals surface area contributed by atoms with Crippen LogP contribution in [0.3, 0.4) is 0 Å². The van der Waals surface area contributed by atoms with E-state index in [9.17, 15) is 9.90 Å². The van der Waals surface area contributed by atoms with Crippen molar-refractivity contribution in [1.82, 2.24) is 0 Å². The van der Waals surface area contributed by atoms with E-state index in [1.807, 2.05) is 0 Å². The van der Waals surface area contributed by atoms with Gasteiger partial charge in [-0.15, -0.1) is 0 Å². The van der Waals surface area contributed by atoms with Gasteiger partial charge in [0, 0.05) is 5.41 Å². The zero-order valence-electron chi connectivity index (χ0n) is 9.26. The average Bonchev–Trinajstić information content (AvgIpc) is 2.31. The van der Waals surface area contributed by atoms with Gasteiger partial charge in [0.1, 0.15) is 0 Å². The first-order valence-corrected chi connectivity index (χ1v) is 6.17. The number of rotatable bonds is 2. The number of aliphatic carboxylic acids is 1. The molecule has 0 radical (unpaired) electrons. The van der Waals surface area contributed by atoms with E-state index in [1.165, 1.54) is 18.4 Å². The third kappa shape index (κ3) is 1.95. The molecule has 2 rings (SSSR count). The van der Waals surface area contributed by atoms with Crippen LogP contribution in [-0.4, -0.2) is 5.97 Å². The van der Waals surface area contributed by atoms with Gasteiger partial charge in [-0.05, 0) is 38.5 Å². The molecule has 0 unspecified atom stereocenters. The zero-order chi connectivity index (χ0) is 10.7. The van der Waals surface area contributed by atoms with Crippen molar-refractivity contribution in [3.63, 3.8) is 0 Å². The molecule has 2 aliphatic carbocycles. The lowest BCUT2D eigenvalue weighted by molar-refractivity contribution is -0.318. The molecule has 84 valence electrons. The largest absolute Gasteiger partial charge is 0.549 e. The lowest BCUT2D eigenvalue weighted by Crippen LogP contribution is -2.45. The molecule has 0 aromatic rings. The molecule has 2 heteroatoms. The molecule has 0 aromatic heterocycles. The molecule has 0 aliphatic heterocycles. The van der Waals surface area contributed by atoms with Crippen LogP contribution in [0.25, 0.3) is 0 Å². The quantitative estimate of drug-likeness (QED) is 0.651. The van der Waals surface area contributed by atoms with Crippen molar-refractivity contribution in [1.29, 1.82) is 0 Å². The molecule has 0 bridgehead atoms. The second kappa shape index (κ2) is 4.38. The molecule has 15 heavy (non-hydrogen) atoms. The number of carboxylic acid groups (broad SMARTS) is 1. The van der Waals surface area contributed by atoms with Crippen LogP contribution in [0, 0.1) is 5.41 Å². The SMILES string of the molecule is O=C([O-])C1(C2=CCCCC2)CCCCC1. The molecule has 1 saturated carbocycles. The van der Waals surface area contributed by atoms with Gasteiger partial charge in [0.2, 0.25) is 0 Å². The predicted molar refractivity (Wildman–Crippen MR) is 57.1 cm³/mol. The molecule has 0 N–H and O–H groups in total. The zero-order valence-corrected chi connectivity index (χ0v) is 9.26. The third-order valence-corrected chi connectivity index (χ3v) is 4.00. The van der Waals surface area contributed by atoms with Crippen LogP contribution in [0.2, 0.25) is 0 Å². The van der Waals surface area contributed by atoms with Gasteiger partial charge in [0.05, 0.1) is 5.97 Å². The minimum atomic E-state index is -0.824. The second-order valence-electron chi connectivity index (χ2n) is 4.91. The summed E-state index contributed by atoms with van der Waals surface area (Å²) in [6.07, 6.45) is 11.5. The Hall–Kier alpha value is -0.790. The molecular formula is C13H19O2-. The minimum absolute atomic E-state index is 0.585. The second-order valence-corrected chi connectivity index (χ2v) is 4.91. The number of carboxylic acids is 1. The van der Waals surface area contributed by atoms with Gasteiger partial charge in [-0.25, -0.2) is 0 Å². The minimum Gasteiger partial charge on any atom is -0.549 e. The first-order chi connectivity index (χ1) is 7.26. The third-order valence-electron chi connectivity index (χ3n) is 4.00. The van der Waals surface area contributed by atoms with Gasteiger partial charge in [0.15, 0.2) is 0 Å². The van der Waals surface area contributed by atoms with Crippen molar-refractivity contribution in [2.45, 2.75) is 57.8 Å². The van der Waals surface area contributed by atoms with Crippen molar-refractivity contribution in [3.8, 4) is 0 Å². The lowest BCUT2D eigenvalue weighted by atomic mass is 9.66. The molecule has 0 heterocycles. The Morgan fingerprint density at radius 3 is 2.40 bits per heavy atom. The number of allylic oxidation sites excluding steroid dienone is 1. The Labute approximate surface area is 91.4 Å². The fraction of sp³-hybridized carbons (Fsp3) is 0.769. The normalized spacial score (nSPS) is 25.7. The van der Waals surface area contributed by atoms with E-state index >= 15 is 0 Å². The molecule has 0 amide bonds. The highest BCUT2D eigenvalue weighted by Gasteiger charge is 2.37. The van der Waals surface area contributed by atoms with Crippen LogP contribution < -0.4 is 5.11 Å². The van der Waals surface area contributed by atoms with Gasteiger partial charge < -0.3 is 9.90 Å². The van der Waals surface area contributed by atoms with Crippen LogP contribution in [0.15, 0.2) is 11.6 Å². The van der Waals surface area contributed by atoms with E-state index in [0.717, 1.165) is 44.9 Å². The van der Waals surface area contributed by atoms with Gasteiger partial charge in [-0.1, -0.05) is 30.9 Å². The van der Waals surface area contributed by atoms with Gasteiger partial charge in [-0.3, -0.25) is 0 Å². The summed E-state index contributed by atoms with van der Waals surface area (Å²) in [7, 11) is 0. The Balaban J connectivity index is 2.24.